The van der Waals surface area contributed by atoms with Gasteiger partial charge in [0.05, 0.1) is 0 Å². The highest BCUT2D eigenvalue weighted by Crippen LogP contribution is 2.19. The molecule has 3 aromatic rings. The van der Waals surface area contributed by atoms with E-state index in [2.05, 4.69) is 34.2 Å². The predicted octanol–water partition coefficient (Wildman–Crippen LogP) is 1.90. The van der Waals surface area contributed by atoms with Crippen molar-refractivity contribution in [3.63, 3.8) is 0 Å². The molecule has 1 aromatic carbocycles. The first-order valence-electron chi connectivity index (χ1n) is 5.95. The standard InChI is InChI=1S/C14H14N4/c15-6-5-11-1-3-12(4-2-11)13-9-17-14-16-7-8-18(14)10-13/h1-4,7-10H,5-6,15H2. The van der Waals surface area contributed by atoms with Gasteiger partial charge in [0.25, 0.3) is 0 Å². The van der Waals surface area contributed by atoms with E-state index in [4.69, 9.17) is 5.73 Å². The van der Waals surface area contributed by atoms with E-state index in [-0.39, 0.29) is 0 Å². The summed E-state index contributed by atoms with van der Waals surface area (Å²) >= 11 is 0. The molecule has 0 spiro atoms. The zero-order chi connectivity index (χ0) is 12.4. The Morgan fingerprint density at radius 2 is 1.89 bits per heavy atom. The lowest BCUT2D eigenvalue weighted by Gasteiger charge is -2.04. The first kappa shape index (κ1) is 10.9. The van der Waals surface area contributed by atoms with E-state index in [1.54, 1.807) is 6.20 Å². The van der Waals surface area contributed by atoms with Crippen LogP contribution in [0.15, 0.2) is 49.1 Å². The van der Waals surface area contributed by atoms with Crippen molar-refractivity contribution in [1.82, 2.24) is 14.4 Å². The number of nitrogens with two attached hydrogens (primary N) is 1. The first-order valence-corrected chi connectivity index (χ1v) is 5.95. The Kier molecular flexibility index (Phi) is 2.78. The summed E-state index contributed by atoms with van der Waals surface area (Å²) in [4.78, 5) is 8.44. The van der Waals surface area contributed by atoms with Crippen LogP contribution in [0.4, 0.5) is 0 Å². The Morgan fingerprint density at radius 3 is 2.67 bits per heavy atom. The predicted molar refractivity (Wildman–Crippen MR) is 71.2 cm³/mol. The largest absolute Gasteiger partial charge is 0.330 e. The van der Waals surface area contributed by atoms with Gasteiger partial charge < -0.3 is 5.73 Å². The second-order valence-corrected chi connectivity index (χ2v) is 4.21. The van der Waals surface area contributed by atoms with Crippen LogP contribution >= 0.6 is 0 Å². The van der Waals surface area contributed by atoms with E-state index in [0.29, 0.717) is 6.54 Å². The number of aromatic nitrogens is 3. The molecule has 4 heteroatoms. The molecule has 2 N–H and O–H groups in total. The summed E-state index contributed by atoms with van der Waals surface area (Å²) in [5.74, 6) is 0.721. The minimum atomic E-state index is 0.682. The van der Waals surface area contributed by atoms with Gasteiger partial charge in [0, 0.05) is 30.4 Å². The van der Waals surface area contributed by atoms with Crippen molar-refractivity contribution < 1.29 is 0 Å². The molecule has 0 unspecified atom stereocenters. The van der Waals surface area contributed by atoms with Crippen LogP contribution in [-0.4, -0.2) is 20.9 Å². The molecule has 0 aliphatic carbocycles. The van der Waals surface area contributed by atoms with E-state index < -0.39 is 0 Å². The smallest absolute Gasteiger partial charge is 0.233 e. The second kappa shape index (κ2) is 4.58. The molecule has 4 nitrogen and oxygen atoms in total. The maximum absolute atomic E-state index is 5.54. The Hall–Kier alpha value is -2.20. The van der Waals surface area contributed by atoms with Crippen molar-refractivity contribution in [3.8, 4) is 11.1 Å². The van der Waals surface area contributed by atoms with Crippen LogP contribution in [0.1, 0.15) is 5.56 Å². The summed E-state index contributed by atoms with van der Waals surface area (Å²) in [5.41, 5.74) is 9.04. The van der Waals surface area contributed by atoms with Gasteiger partial charge in [-0.05, 0) is 24.1 Å². The molecule has 0 aliphatic heterocycles. The minimum Gasteiger partial charge on any atom is -0.330 e. The molecule has 0 bridgehead atoms. The molecule has 0 radical (unpaired) electrons. The topological polar surface area (TPSA) is 56.2 Å². The van der Waals surface area contributed by atoms with Crippen molar-refractivity contribution in [2.24, 2.45) is 5.73 Å². The zero-order valence-corrected chi connectivity index (χ0v) is 9.95. The van der Waals surface area contributed by atoms with E-state index in [9.17, 15) is 0 Å². The summed E-state index contributed by atoms with van der Waals surface area (Å²) in [6.45, 7) is 0.682. The molecule has 0 atom stereocenters. The molecule has 2 aromatic heterocycles. The lowest BCUT2D eigenvalue weighted by molar-refractivity contribution is 0.969. The molecular weight excluding hydrogens is 224 g/mol. The molecule has 18 heavy (non-hydrogen) atoms. The van der Waals surface area contributed by atoms with Crippen LogP contribution in [0.5, 0.6) is 0 Å². The third-order valence-corrected chi connectivity index (χ3v) is 2.97. The number of benzene rings is 1. The average Bonchev–Trinajstić information content (AvgIpc) is 2.87. The molecule has 3 rings (SSSR count). The highest BCUT2D eigenvalue weighted by molar-refractivity contribution is 5.62. The quantitative estimate of drug-likeness (QED) is 0.758. The van der Waals surface area contributed by atoms with Gasteiger partial charge in [-0.15, -0.1) is 0 Å². The molecule has 0 saturated heterocycles. The molecule has 2 heterocycles. The Labute approximate surface area is 105 Å². The van der Waals surface area contributed by atoms with Crippen LogP contribution in [0, 0.1) is 0 Å². The summed E-state index contributed by atoms with van der Waals surface area (Å²) in [6.07, 6.45) is 8.44. The molecule has 90 valence electrons. The van der Waals surface area contributed by atoms with Gasteiger partial charge in [0.1, 0.15) is 0 Å². The fourth-order valence-electron chi connectivity index (χ4n) is 2.00. The lowest BCUT2D eigenvalue weighted by atomic mass is 10.1. The summed E-state index contributed by atoms with van der Waals surface area (Å²) < 4.78 is 1.92. The fourth-order valence-corrected chi connectivity index (χ4v) is 2.00. The number of nitrogens with zero attached hydrogens (tertiary/aromatic N) is 3. The SMILES string of the molecule is NCCc1ccc(-c2cnc3nccn3c2)cc1. The van der Waals surface area contributed by atoms with Crippen molar-refractivity contribution in [2.45, 2.75) is 6.42 Å². The van der Waals surface area contributed by atoms with Crippen LogP contribution in [0.3, 0.4) is 0 Å². The number of fused-ring (bicyclic) bond motifs is 1. The second-order valence-electron chi connectivity index (χ2n) is 4.21. The molecule has 0 saturated carbocycles. The van der Waals surface area contributed by atoms with Gasteiger partial charge in [-0.2, -0.15) is 0 Å². The highest BCUT2D eigenvalue weighted by atomic mass is 15.1. The van der Waals surface area contributed by atoms with Crippen molar-refractivity contribution in [3.05, 3.63) is 54.6 Å². The van der Waals surface area contributed by atoms with E-state index in [0.717, 1.165) is 23.3 Å². The van der Waals surface area contributed by atoms with Crippen LogP contribution < -0.4 is 5.73 Å². The number of imidazole rings is 1. The van der Waals surface area contributed by atoms with Gasteiger partial charge >= 0.3 is 0 Å². The van der Waals surface area contributed by atoms with Gasteiger partial charge in [0.2, 0.25) is 5.78 Å². The summed E-state index contributed by atoms with van der Waals surface area (Å²) in [6, 6.07) is 8.43. The molecule has 0 fully saturated rings. The zero-order valence-electron chi connectivity index (χ0n) is 9.95. The van der Waals surface area contributed by atoms with E-state index >= 15 is 0 Å². The summed E-state index contributed by atoms with van der Waals surface area (Å²) in [5, 5.41) is 0. The van der Waals surface area contributed by atoms with Crippen molar-refractivity contribution in [1.29, 1.82) is 0 Å². The monoisotopic (exact) mass is 238 g/mol. The van der Waals surface area contributed by atoms with Gasteiger partial charge in [-0.3, -0.25) is 4.40 Å². The van der Waals surface area contributed by atoms with Gasteiger partial charge in [-0.1, -0.05) is 24.3 Å². The van der Waals surface area contributed by atoms with Gasteiger partial charge in [0.15, 0.2) is 0 Å². The number of rotatable bonds is 3. The Morgan fingerprint density at radius 1 is 1.06 bits per heavy atom. The normalized spacial score (nSPS) is 10.9. The van der Waals surface area contributed by atoms with E-state index in [1.165, 1.54) is 5.56 Å². The average molecular weight is 238 g/mol. The maximum atomic E-state index is 5.54. The Balaban J connectivity index is 1.97. The highest BCUT2D eigenvalue weighted by Gasteiger charge is 2.01. The van der Waals surface area contributed by atoms with Crippen molar-refractivity contribution in [2.75, 3.05) is 6.54 Å². The number of hydrogen-bond acceptors (Lipinski definition) is 3. The van der Waals surface area contributed by atoms with Crippen LogP contribution in [0.25, 0.3) is 16.9 Å². The van der Waals surface area contributed by atoms with E-state index in [1.807, 2.05) is 23.0 Å². The van der Waals surface area contributed by atoms with Gasteiger partial charge in [-0.25, -0.2) is 9.97 Å². The minimum absolute atomic E-state index is 0.682. The molecule has 0 amide bonds. The van der Waals surface area contributed by atoms with Crippen LogP contribution in [0.2, 0.25) is 0 Å². The first-order chi connectivity index (χ1) is 8.86. The summed E-state index contributed by atoms with van der Waals surface area (Å²) in [7, 11) is 0. The lowest BCUT2D eigenvalue weighted by Crippen LogP contribution is -2.02. The van der Waals surface area contributed by atoms with Crippen molar-refractivity contribution >= 4 is 5.78 Å². The Bertz CT molecular complexity index is 655. The third-order valence-electron chi connectivity index (χ3n) is 2.97. The third kappa shape index (κ3) is 1.98. The maximum Gasteiger partial charge on any atom is 0.233 e. The van der Waals surface area contributed by atoms with Crippen LogP contribution in [-0.2, 0) is 6.42 Å². The fraction of sp³-hybridized carbons (Fsp3) is 0.143. The molecule has 0 aliphatic rings. The number of hydrogen-bond donors (Lipinski definition) is 1. The molecular formula is C14H14N4.